The number of ether oxygens (including phenoxy) is 1. The molecule has 2 amide bonds. The highest BCUT2D eigenvalue weighted by atomic mass is 35.5. The van der Waals surface area contributed by atoms with Crippen LogP contribution in [0.25, 0.3) is 0 Å². The van der Waals surface area contributed by atoms with Gasteiger partial charge in [0.1, 0.15) is 18.9 Å². The van der Waals surface area contributed by atoms with E-state index in [1.165, 1.54) is 12.1 Å². The zero-order valence-corrected chi connectivity index (χ0v) is 17.1. The Labute approximate surface area is 183 Å². The number of rotatable bonds is 8. The van der Waals surface area contributed by atoms with Crippen LogP contribution in [0.2, 0.25) is 5.02 Å². The van der Waals surface area contributed by atoms with E-state index in [0.717, 1.165) is 5.56 Å². The SMILES string of the molecule is O=C(O)CNC(=O)c1ccc(OCc2ccc(Cl)cc2)c(NC(=O)c2ccccc2)c1. The summed E-state index contributed by atoms with van der Waals surface area (Å²) in [5.41, 5.74) is 1.77. The smallest absolute Gasteiger partial charge is 0.322 e. The van der Waals surface area contributed by atoms with Crippen LogP contribution in [0.3, 0.4) is 0 Å². The molecule has 31 heavy (non-hydrogen) atoms. The second kappa shape index (κ2) is 10.3. The van der Waals surface area contributed by atoms with Crippen LogP contribution in [-0.2, 0) is 11.4 Å². The van der Waals surface area contributed by atoms with Crippen molar-refractivity contribution in [2.45, 2.75) is 6.61 Å². The summed E-state index contributed by atoms with van der Waals surface area (Å²) in [6.07, 6.45) is 0. The summed E-state index contributed by atoms with van der Waals surface area (Å²) in [6.45, 7) is -0.296. The van der Waals surface area contributed by atoms with Crippen molar-refractivity contribution in [3.8, 4) is 5.75 Å². The standard InChI is InChI=1S/C23H19ClN2O5/c24-18-9-6-15(7-10-18)14-31-20-11-8-17(22(29)25-13-21(27)28)12-19(20)26-23(30)16-4-2-1-3-5-16/h1-12H,13-14H2,(H,25,29)(H,26,30)(H,27,28). The predicted molar refractivity (Wildman–Crippen MR) is 117 cm³/mol. The molecule has 0 aliphatic heterocycles. The van der Waals surface area contributed by atoms with Gasteiger partial charge < -0.3 is 20.5 Å². The van der Waals surface area contributed by atoms with E-state index < -0.39 is 18.4 Å². The molecule has 0 aliphatic rings. The minimum atomic E-state index is -1.16. The van der Waals surface area contributed by atoms with Crippen LogP contribution in [0, 0.1) is 0 Å². The lowest BCUT2D eigenvalue weighted by atomic mass is 10.1. The monoisotopic (exact) mass is 438 g/mol. The van der Waals surface area contributed by atoms with E-state index in [9.17, 15) is 14.4 Å². The molecular weight excluding hydrogens is 420 g/mol. The number of nitrogens with one attached hydrogen (secondary N) is 2. The Hall–Kier alpha value is -3.84. The Balaban J connectivity index is 1.83. The molecule has 7 nitrogen and oxygen atoms in total. The normalized spacial score (nSPS) is 10.2. The Bertz CT molecular complexity index is 1080. The van der Waals surface area contributed by atoms with Gasteiger partial charge in [0.15, 0.2) is 0 Å². The molecule has 0 spiro atoms. The number of aliphatic carboxylic acids is 1. The van der Waals surface area contributed by atoms with Crippen molar-refractivity contribution < 1.29 is 24.2 Å². The van der Waals surface area contributed by atoms with Crippen molar-refractivity contribution in [1.82, 2.24) is 5.32 Å². The number of carboxylic acid groups (broad SMARTS) is 1. The van der Waals surface area contributed by atoms with Crippen LogP contribution in [0.4, 0.5) is 5.69 Å². The van der Waals surface area contributed by atoms with Gasteiger partial charge in [0.2, 0.25) is 0 Å². The second-order valence-electron chi connectivity index (χ2n) is 6.52. The number of amides is 2. The maximum absolute atomic E-state index is 12.6. The highest BCUT2D eigenvalue weighted by Crippen LogP contribution is 2.28. The molecule has 0 atom stereocenters. The number of hydrogen-bond acceptors (Lipinski definition) is 4. The van der Waals surface area contributed by atoms with E-state index in [2.05, 4.69) is 10.6 Å². The molecule has 0 aliphatic carbocycles. The fourth-order valence-electron chi connectivity index (χ4n) is 2.68. The molecule has 3 aromatic rings. The third kappa shape index (κ3) is 6.32. The predicted octanol–water partition coefficient (Wildman–Crippen LogP) is 3.99. The first-order valence-corrected chi connectivity index (χ1v) is 9.68. The summed E-state index contributed by atoms with van der Waals surface area (Å²) in [4.78, 5) is 35.6. The third-order valence-corrected chi connectivity index (χ3v) is 4.49. The zero-order valence-electron chi connectivity index (χ0n) is 16.3. The summed E-state index contributed by atoms with van der Waals surface area (Å²) in [5, 5.41) is 14.4. The lowest BCUT2D eigenvalue weighted by Crippen LogP contribution is -2.29. The van der Waals surface area contributed by atoms with Gasteiger partial charge in [-0.15, -0.1) is 0 Å². The van der Waals surface area contributed by atoms with Gasteiger partial charge in [0.25, 0.3) is 11.8 Å². The van der Waals surface area contributed by atoms with Crippen molar-refractivity contribution in [1.29, 1.82) is 0 Å². The fraction of sp³-hybridized carbons (Fsp3) is 0.0870. The number of benzene rings is 3. The average molecular weight is 439 g/mol. The van der Waals surface area contributed by atoms with Crippen LogP contribution in [0.5, 0.6) is 5.75 Å². The quantitative estimate of drug-likeness (QED) is 0.493. The summed E-state index contributed by atoms with van der Waals surface area (Å²) in [5.74, 6) is -1.76. The minimum Gasteiger partial charge on any atom is -0.487 e. The highest BCUT2D eigenvalue weighted by Gasteiger charge is 2.15. The lowest BCUT2D eigenvalue weighted by Gasteiger charge is -2.14. The highest BCUT2D eigenvalue weighted by molar-refractivity contribution is 6.30. The fourth-order valence-corrected chi connectivity index (χ4v) is 2.80. The number of carbonyl (C=O) groups excluding carboxylic acids is 2. The largest absolute Gasteiger partial charge is 0.487 e. The van der Waals surface area contributed by atoms with E-state index in [0.29, 0.717) is 16.3 Å². The summed E-state index contributed by atoms with van der Waals surface area (Å²) < 4.78 is 5.85. The molecule has 0 saturated heterocycles. The first-order chi connectivity index (χ1) is 14.9. The van der Waals surface area contributed by atoms with Gasteiger partial charge in [-0.2, -0.15) is 0 Å². The van der Waals surface area contributed by atoms with E-state index in [1.807, 2.05) is 12.1 Å². The maximum Gasteiger partial charge on any atom is 0.322 e. The first kappa shape index (κ1) is 21.9. The van der Waals surface area contributed by atoms with Crippen LogP contribution >= 0.6 is 11.6 Å². The number of anilines is 1. The Kier molecular flexibility index (Phi) is 7.24. The number of halogens is 1. The molecule has 3 N–H and O–H groups in total. The zero-order chi connectivity index (χ0) is 22.2. The third-order valence-electron chi connectivity index (χ3n) is 4.23. The molecule has 0 unspecified atom stereocenters. The molecule has 158 valence electrons. The molecule has 0 heterocycles. The first-order valence-electron chi connectivity index (χ1n) is 9.30. The topological polar surface area (TPSA) is 105 Å². The Morgan fingerprint density at radius 2 is 1.58 bits per heavy atom. The second-order valence-corrected chi connectivity index (χ2v) is 6.96. The summed E-state index contributed by atoms with van der Waals surface area (Å²) in [7, 11) is 0. The molecule has 0 saturated carbocycles. The van der Waals surface area contributed by atoms with Crippen molar-refractivity contribution in [2.75, 3.05) is 11.9 Å². The van der Waals surface area contributed by atoms with Crippen LogP contribution < -0.4 is 15.4 Å². The van der Waals surface area contributed by atoms with E-state index in [1.54, 1.807) is 48.5 Å². The van der Waals surface area contributed by atoms with E-state index >= 15 is 0 Å². The van der Waals surface area contributed by atoms with Gasteiger partial charge in [-0.1, -0.05) is 41.9 Å². The van der Waals surface area contributed by atoms with Crippen molar-refractivity contribution in [3.05, 3.63) is 94.5 Å². The Morgan fingerprint density at radius 3 is 2.26 bits per heavy atom. The number of carbonyl (C=O) groups is 3. The minimum absolute atomic E-state index is 0.184. The molecule has 0 aromatic heterocycles. The maximum atomic E-state index is 12.6. The van der Waals surface area contributed by atoms with Crippen molar-refractivity contribution >= 4 is 35.1 Å². The molecule has 0 fully saturated rings. The molecule has 3 aromatic carbocycles. The molecular formula is C23H19ClN2O5. The number of hydrogen-bond donors (Lipinski definition) is 3. The van der Waals surface area contributed by atoms with E-state index in [-0.39, 0.29) is 23.8 Å². The van der Waals surface area contributed by atoms with Crippen molar-refractivity contribution in [2.24, 2.45) is 0 Å². The number of carboxylic acids is 1. The van der Waals surface area contributed by atoms with Gasteiger partial charge in [0, 0.05) is 16.1 Å². The van der Waals surface area contributed by atoms with Crippen LogP contribution in [0.1, 0.15) is 26.3 Å². The molecule has 3 rings (SSSR count). The molecule has 0 bridgehead atoms. The average Bonchev–Trinajstić information content (AvgIpc) is 2.78. The van der Waals surface area contributed by atoms with Crippen LogP contribution in [0.15, 0.2) is 72.8 Å². The summed E-state index contributed by atoms with van der Waals surface area (Å²) in [6, 6.07) is 20.2. The lowest BCUT2D eigenvalue weighted by molar-refractivity contribution is -0.135. The van der Waals surface area contributed by atoms with Gasteiger partial charge in [-0.3, -0.25) is 14.4 Å². The van der Waals surface area contributed by atoms with Gasteiger partial charge in [-0.25, -0.2) is 0 Å². The van der Waals surface area contributed by atoms with Gasteiger partial charge in [0.05, 0.1) is 5.69 Å². The van der Waals surface area contributed by atoms with Crippen LogP contribution in [-0.4, -0.2) is 29.4 Å². The molecule has 0 radical (unpaired) electrons. The van der Waals surface area contributed by atoms with Crippen molar-refractivity contribution in [3.63, 3.8) is 0 Å². The van der Waals surface area contributed by atoms with Gasteiger partial charge >= 0.3 is 5.97 Å². The Morgan fingerprint density at radius 1 is 0.871 bits per heavy atom. The van der Waals surface area contributed by atoms with E-state index in [4.69, 9.17) is 21.4 Å². The van der Waals surface area contributed by atoms with Gasteiger partial charge in [-0.05, 0) is 48.0 Å². The molecule has 8 heteroatoms. The summed E-state index contributed by atoms with van der Waals surface area (Å²) >= 11 is 5.90.